The molecule has 0 bridgehead atoms. The molecule has 146 valence electrons. The van der Waals surface area contributed by atoms with E-state index in [1.807, 2.05) is 37.3 Å². The van der Waals surface area contributed by atoms with Crippen molar-refractivity contribution in [2.24, 2.45) is 0 Å². The van der Waals surface area contributed by atoms with Crippen LogP contribution in [-0.4, -0.2) is 34.9 Å². The van der Waals surface area contributed by atoms with E-state index >= 15 is 0 Å². The summed E-state index contributed by atoms with van der Waals surface area (Å²) < 4.78 is 7.06. The SMILES string of the molecule is CCC(=O)NC1CCN(Cc2ccc(Oc3nc4ccccc4s3)cc2)CC1. The topological polar surface area (TPSA) is 54.5 Å². The van der Waals surface area contributed by atoms with E-state index in [4.69, 9.17) is 4.74 Å². The van der Waals surface area contributed by atoms with Gasteiger partial charge in [0.05, 0.1) is 10.2 Å². The third-order valence-corrected chi connectivity index (χ3v) is 6.00. The lowest BCUT2D eigenvalue weighted by Gasteiger charge is -2.32. The van der Waals surface area contributed by atoms with Crippen LogP contribution in [0.15, 0.2) is 48.5 Å². The summed E-state index contributed by atoms with van der Waals surface area (Å²) in [6.07, 6.45) is 2.60. The number of carbonyl (C=O) groups is 1. The van der Waals surface area contributed by atoms with E-state index < -0.39 is 0 Å². The van der Waals surface area contributed by atoms with Crippen molar-refractivity contribution < 1.29 is 9.53 Å². The molecule has 4 rings (SSSR count). The number of piperidine rings is 1. The van der Waals surface area contributed by atoms with Crippen molar-refractivity contribution in [1.82, 2.24) is 15.2 Å². The van der Waals surface area contributed by atoms with E-state index in [1.54, 1.807) is 11.3 Å². The molecular formula is C22H25N3O2S. The molecule has 2 heterocycles. The Balaban J connectivity index is 1.29. The lowest BCUT2D eigenvalue weighted by atomic mass is 10.0. The number of carbonyl (C=O) groups excluding carboxylic acids is 1. The predicted molar refractivity (Wildman–Crippen MR) is 113 cm³/mol. The van der Waals surface area contributed by atoms with Crippen molar-refractivity contribution in [2.45, 2.75) is 38.8 Å². The zero-order chi connectivity index (χ0) is 19.3. The van der Waals surface area contributed by atoms with Crippen molar-refractivity contribution in [3.05, 3.63) is 54.1 Å². The van der Waals surface area contributed by atoms with Gasteiger partial charge < -0.3 is 10.1 Å². The highest BCUT2D eigenvalue weighted by Gasteiger charge is 2.20. The van der Waals surface area contributed by atoms with Crippen LogP contribution in [-0.2, 0) is 11.3 Å². The first kappa shape index (κ1) is 18.9. The van der Waals surface area contributed by atoms with Crippen LogP contribution in [0.25, 0.3) is 10.2 Å². The number of nitrogens with one attached hydrogen (secondary N) is 1. The summed E-state index contributed by atoms with van der Waals surface area (Å²) in [5.41, 5.74) is 2.24. The van der Waals surface area contributed by atoms with Crippen LogP contribution in [0.5, 0.6) is 10.9 Å². The van der Waals surface area contributed by atoms with Gasteiger partial charge in [0, 0.05) is 32.1 Å². The average Bonchev–Trinajstić information content (AvgIpc) is 3.13. The lowest BCUT2D eigenvalue weighted by Crippen LogP contribution is -2.44. The molecule has 5 nitrogen and oxygen atoms in total. The first-order valence-corrected chi connectivity index (χ1v) is 10.7. The zero-order valence-corrected chi connectivity index (χ0v) is 16.9. The fraction of sp³-hybridized carbons (Fsp3) is 0.364. The molecule has 1 fully saturated rings. The smallest absolute Gasteiger partial charge is 0.279 e. The summed E-state index contributed by atoms with van der Waals surface area (Å²) in [5.74, 6) is 0.964. The summed E-state index contributed by atoms with van der Waals surface area (Å²) in [5, 5.41) is 3.78. The quantitative estimate of drug-likeness (QED) is 0.664. The Hall–Kier alpha value is -2.44. The molecule has 0 atom stereocenters. The summed E-state index contributed by atoms with van der Waals surface area (Å²) >= 11 is 1.56. The number of fused-ring (bicyclic) bond motifs is 1. The van der Waals surface area contributed by atoms with Crippen LogP contribution in [0.4, 0.5) is 0 Å². The Bertz CT molecular complexity index is 897. The second-order valence-corrected chi connectivity index (χ2v) is 8.16. The van der Waals surface area contributed by atoms with Crippen LogP contribution >= 0.6 is 11.3 Å². The minimum atomic E-state index is 0.155. The number of likely N-dealkylation sites (tertiary alicyclic amines) is 1. The Labute approximate surface area is 169 Å². The van der Waals surface area contributed by atoms with Crippen molar-refractivity contribution >= 4 is 27.5 Å². The molecule has 6 heteroatoms. The Morgan fingerprint density at radius 1 is 1.18 bits per heavy atom. The third kappa shape index (κ3) is 4.69. The zero-order valence-electron chi connectivity index (χ0n) is 16.1. The maximum absolute atomic E-state index is 11.5. The van der Waals surface area contributed by atoms with E-state index in [-0.39, 0.29) is 5.91 Å². The van der Waals surface area contributed by atoms with Crippen LogP contribution in [0.3, 0.4) is 0 Å². The number of hydrogen-bond acceptors (Lipinski definition) is 5. The van der Waals surface area contributed by atoms with Gasteiger partial charge in [0.15, 0.2) is 0 Å². The van der Waals surface area contributed by atoms with Crippen molar-refractivity contribution in [3.8, 4) is 10.9 Å². The summed E-state index contributed by atoms with van der Waals surface area (Å²) in [6, 6.07) is 16.6. The van der Waals surface area contributed by atoms with E-state index in [0.29, 0.717) is 17.7 Å². The Morgan fingerprint density at radius 3 is 2.64 bits per heavy atom. The van der Waals surface area contributed by atoms with Gasteiger partial charge in [0.2, 0.25) is 5.91 Å². The van der Waals surface area contributed by atoms with Gasteiger partial charge in [0.25, 0.3) is 5.19 Å². The van der Waals surface area contributed by atoms with Gasteiger partial charge in [-0.15, -0.1) is 0 Å². The molecule has 1 aliphatic heterocycles. The van der Waals surface area contributed by atoms with Gasteiger partial charge in [-0.2, -0.15) is 0 Å². The van der Waals surface area contributed by atoms with Crippen molar-refractivity contribution in [3.63, 3.8) is 0 Å². The van der Waals surface area contributed by atoms with Crippen LogP contribution in [0.1, 0.15) is 31.7 Å². The predicted octanol–water partition coefficient (Wildman–Crippen LogP) is 4.58. The highest BCUT2D eigenvalue weighted by molar-refractivity contribution is 7.20. The van der Waals surface area contributed by atoms with Crippen LogP contribution in [0, 0.1) is 0 Å². The highest BCUT2D eigenvalue weighted by Crippen LogP contribution is 2.31. The summed E-state index contributed by atoms with van der Waals surface area (Å²) in [4.78, 5) is 18.5. The van der Waals surface area contributed by atoms with Gasteiger partial charge in [0.1, 0.15) is 5.75 Å². The molecule has 1 saturated heterocycles. The van der Waals surface area contributed by atoms with Gasteiger partial charge in [-0.05, 0) is 42.7 Å². The molecule has 1 N–H and O–H groups in total. The van der Waals surface area contributed by atoms with E-state index in [9.17, 15) is 4.79 Å². The molecule has 1 amide bonds. The second kappa shape index (κ2) is 8.71. The van der Waals surface area contributed by atoms with Gasteiger partial charge in [-0.3, -0.25) is 9.69 Å². The molecule has 0 unspecified atom stereocenters. The number of thiazole rings is 1. The number of amides is 1. The molecule has 2 aromatic carbocycles. The molecule has 0 spiro atoms. The maximum Gasteiger partial charge on any atom is 0.279 e. The van der Waals surface area contributed by atoms with Crippen molar-refractivity contribution in [1.29, 1.82) is 0 Å². The van der Waals surface area contributed by atoms with E-state index in [0.717, 1.165) is 48.4 Å². The van der Waals surface area contributed by atoms with Gasteiger partial charge >= 0.3 is 0 Å². The lowest BCUT2D eigenvalue weighted by molar-refractivity contribution is -0.121. The van der Waals surface area contributed by atoms with Gasteiger partial charge in [-0.1, -0.05) is 42.5 Å². The molecule has 0 radical (unpaired) electrons. The number of para-hydroxylation sites is 1. The number of aromatic nitrogens is 1. The van der Waals surface area contributed by atoms with Gasteiger partial charge in [-0.25, -0.2) is 4.98 Å². The number of hydrogen-bond donors (Lipinski definition) is 1. The molecule has 0 aliphatic carbocycles. The minimum Gasteiger partial charge on any atom is -0.431 e. The van der Waals surface area contributed by atoms with Crippen LogP contribution < -0.4 is 10.1 Å². The second-order valence-electron chi connectivity index (χ2n) is 7.16. The average molecular weight is 396 g/mol. The number of nitrogens with zero attached hydrogens (tertiary/aromatic N) is 2. The van der Waals surface area contributed by atoms with Crippen molar-refractivity contribution in [2.75, 3.05) is 13.1 Å². The monoisotopic (exact) mass is 395 g/mol. The molecule has 0 saturated carbocycles. The third-order valence-electron chi connectivity index (χ3n) is 5.08. The normalized spacial score (nSPS) is 15.6. The first-order chi connectivity index (χ1) is 13.7. The summed E-state index contributed by atoms with van der Waals surface area (Å²) in [7, 11) is 0. The summed E-state index contributed by atoms with van der Waals surface area (Å²) in [6.45, 7) is 4.85. The fourth-order valence-corrected chi connectivity index (χ4v) is 4.32. The maximum atomic E-state index is 11.5. The number of rotatable bonds is 6. The first-order valence-electron chi connectivity index (χ1n) is 9.83. The fourth-order valence-electron chi connectivity index (χ4n) is 3.48. The van der Waals surface area contributed by atoms with Crippen LogP contribution in [0.2, 0.25) is 0 Å². The largest absolute Gasteiger partial charge is 0.431 e. The molecule has 1 aromatic heterocycles. The van der Waals surface area contributed by atoms with E-state index in [2.05, 4.69) is 33.4 Å². The Kier molecular flexibility index (Phi) is 5.88. The molecule has 28 heavy (non-hydrogen) atoms. The number of benzene rings is 2. The van der Waals surface area contributed by atoms with E-state index in [1.165, 1.54) is 5.56 Å². The Morgan fingerprint density at radius 2 is 1.93 bits per heavy atom. The molecule has 1 aliphatic rings. The minimum absolute atomic E-state index is 0.155. The highest BCUT2D eigenvalue weighted by atomic mass is 32.1. The molecular weight excluding hydrogens is 370 g/mol. The standard InChI is InChI=1S/C22H25N3O2S/c1-2-21(26)23-17-11-13-25(14-12-17)15-16-7-9-18(10-8-16)27-22-24-19-5-3-4-6-20(19)28-22/h3-10,17H,2,11-15H2,1H3,(H,23,26). The number of ether oxygens (including phenoxy) is 1. The molecule has 3 aromatic rings.